The quantitative estimate of drug-likeness (QED) is 0.133. The molecule has 0 aliphatic rings. The lowest BCUT2D eigenvalue weighted by Gasteiger charge is -2.20. The van der Waals surface area contributed by atoms with Crippen LogP contribution in [0.3, 0.4) is 0 Å². The van der Waals surface area contributed by atoms with Gasteiger partial charge in [-0.2, -0.15) is 0 Å². The van der Waals surface area contributed by atoms with Crippen LogP contribution in [0.5, 0.6) is 0 Å². The minimum atomic E-state index is 0.0419. The number of rotatable bonds is 9. The van der Waals surface area contributed by atoms with Crippen LogP contribution in [0, 0.1) is 0 Å². The smallest absolute Gasteiger partial charge is 0.143 e. The molecular weight excluding hydrogens is 749 g/mol. The Bertz CT molecular complexity index is 3290. The van der Waals surface area contributed by atoms with Crippen LogP contribution >= 0.6 is 0 Å². The van der Waals surface area contributed by atoms with E-state index in [0.717, 1.165) is 33.1 Å². The van der Waals surface area contributed by atoms with Crippen LogP contribution in [-0.2, 0) is 0 Å². The molecule has 0 N–H and O–H groups in total. The number of para-hydroxylation sites is 2. The van der Waals surface area contributed by atoms with E-state index in [-0.39, 0.29) is 5.92 Å². The summed E-state index contributed by atoms with van der Waals surface area (Å²) < 4.78 is 6.42. The van der Waals surface area contributed by atoms with Gasteiger partial charge in [0.15, 0.2) is 0 Å². The zero-order valence-electron chi connectivity index (χ0n) is 34.2. The monoisotopic (exact) mass is 790 g/mol. The molecule has 11 rings (SSSR count). The molecule has 1 nitrogen and oxygen atoms in total. The second-order valence-electron chi connectivity index (χ2n) is 16.1. The second kappa shape index (κ2) is 16.2. The first-order valence-electron chi connectivity index (χ1n) is 21.3. The van der Waals surface area contributed by atoms with Crippen LogP contribution < -0.4 is 0 Å². The highest BCUT2D eigenvalue weighted by Gasteiger charge is 2.19. The van der Waals surface area contributed by atoms with Crippen molar-refractivity contribution in [1.29, 1.82) is 0 Å². The summed E-state index contributed by atoms with van der Waals surface area (Å²) in [6, 6.07) is 89.9. The normalized spacial score (nSPS) is 11.8. The van der Waals surface area contributed by atoms with E-state index in [4.69, 9.17) is 4.42 Å². The molecule has 0 saturated heterocycles. The summed E-state index contributed by atoms with van der Waals surface area (Å²) in [5.74, 6) is 0.0419. The summed E-state index contributed by atoms with van der Waals surface area (Å²) in [6.45, 7) is 0. The maximum atomic E-state index is 6.42. The molecule has 1 heteroatoms. The Hall–Kier alpha value is -8.00. The molecule has 62 heavy (non-hydrogen) atoms. The average molecular weight is 791 g/mol. The second-order valence-corrected chi connectivity index (χ2v) is 16.1. The van der Waals surface area contributed by atoms with Crippen molar-refractivity contribution in [3.63, 3.8) is 0 Å². The van der Waals surface area contributed by atoms with Crippen LogP contribution in [0.25, 0.3) is 88.7 Å². The molecule has 0 amide bonds. The first-order chi connectivity index (χ1) is 30.7. The van der Waals surface area contributed by atoms with Gasteiger partial charge < -0.3 is 4.42 Å². The van der Waals surface area contributed by atoms with Crippen LogP contribution in [0.4, 0.5) is 0 Å². The largest absolute Gasteiger partial charge is 0.455 e. The molecule has 0 spiro atoms. The molecular formula is C61H42O. The predicted octanol–water partition coefficient (Wildman–Crippen LogP) is 16.8. The fourth-order valence-corrected chi connectivity index (χ4v) is 9.02. The molecule has 1 aromatic heterocycles. The van der Waals surface area contributed by atoms with E-state index in [0.29, 0.717) is 0 Å². The van der Waals surface area contributed by atoms with Gasteiger partial charge in [-0.3, -0.25) is 0 Å². The Balaban J connectivity index is 0.929. The van der Waals surface area contributed by atoms with Crippen molar-refractivity contribution in [2.75, 3.05) is 0 Å². The Morgan fingerprint density at radius 3 is 1.10 bits per heavy atom. The number of hydrogen-bond donors (Lipinski definition) is 0. The van der Waals surface area contributed by atoms with Crippen molar-refractivity contribution in [2.24, 2.45) is 0 Å². The maximum absolute atomic E-state index is 6.42. The van der Waals surface area contributed by atoms with Crippen molar-refractivity contribution in [2.45, 2.75) is 5.92 Å². The summed E-state index contributed by atoms with van der Waals surface area (Å²) in [7, 11) is 0. The van der Waals surface area contributed by atoms with Crippen LogP contribution in [0.15, 0.2) is 253 Å². The van der Waals surface area contributed by atoms with Crippen molar-refractivity contribution < 1.29 is 4.42 Å². The van der Waals surface area contributed by atoms with Crippen molar-refractivity contribution in [3.8, 4) is 66.8 Å². The third-order valence-electron chi connectivity index (χ3n) is 12.3. The van der Waals surface area contributed by atoms with Gasteiger partial charge in [-0.1, -0.05) is 231 Å². The van der Waals surface area contributed by atoms with Gasteiger partial charge in [0.2, 0.25) is 0 Å². The van der Waals surface area contributed by atoms with Crippen molar-refractivity contribution in [3.05, 3.63) is 265 Å². The summed E-state index contributed by atoms with van der Waals surface area (Å²) in [6.07, 6.45) is 0. The summed E-state index contributed by atoms with van der Waals surface area (Å²) in [5.41, 5.74) is 19.9. The maximum Gasteiger partial charge on any atom is 0.143 e. The van der Waals surface area contributed by atoms with Gasteiger partial charge in [0.05, 0.1) is 0 Å². The van der Waals surface area contributed by atoms with E-state index in [1.165, 1.54) is 72.3 Å². The Morgan fingerprint density at radius 1 is 0.242 bits per heavy atom. The Morgan fingerprint density at radius 2 is 0.581 bits per heavy atom. The fourth-order valence-electron chi connectivity index (χ4n) is 9.02. The van der Waals surface area contributed by atoms with Gasteiger partial charge in [-0.25, -0.2) is 0 Å². The fraction of sp³-hybridized carbons (Fsp3) is 0.0164. The third-order valence-corrected chi connectivity index (χ3v) is 12.3. The summed E-state index contributed by atoms with van der Waals surface area (Å²) >= 11 is 0. The molecule has 10 aromatic carbocycles. The van der Waals surface area contributed by atoms with Crippen molar-refractivity contribution in [1.82, 2.24) is 0 Å². The minimum Gasteiger partial charge on any atom is -0.455 e. The molecule has 0 saturated carbocycles. The van der Waals surface area contributed by atoms with E-state index in [1.807, 2.05) is 12.1 Å². The van der Waals surface area contributed by atoms with Crippen LogP contribution in [0.1, 0.15) is 22.6 Å². The zero-order chi connectivity index (χ0) is 41.2. The van der Waals surface area contributed by atoms with E-state index >= 15 is 0 Å². The predicted molar refractivity (Wildman–Crippen MR) is 260 cm³/mol. The van der Waals surface area contributed by atoms with Gasteiger partial charge >= 0.3 is 0 Å². The highest BCUT2D eigenvalue weighted by atomic mass is 16.3. The van der Waals surface area contributed by atoms with Gasteiger partial charge in [0.1, 0.15) is 11.2 Å². The topological polar surface area (TPSA) is 13.1 Å². The molecule has 0 bridgehead atoms. The van der Waals surface area contributed by atoms with Gasteiger partial charge in [0, 0.05) is 22.3 Å². The molecule has 292 valence electrons. The minimum absolute atomic E-state index is 0.0419. The molecule has 0 radical (unpaired) electrons. The highest BCUT2D eigenvalue weighted by Crippen LogP contribution is 2.39. The summed E-state index contributed by atoms with van der Waals surface area (Å²) in [4.78, 5) is 0. The van der Waals surface area contributed by atoms with E-state index in [9.17, 15) is 0 Å². The average Bonchev–Trinajstić information content (AvgIpc) is 3.75. The lowest BCUT2D eigenvalue weighted by Crippen LogP contribution is -2.03. The van der Waals surface area contributed by atoms with E-state index < -0.39 is 0 Å². The number of benzene rings is 10. The van der Waals surface area contributed by atoms with E-state index in [1.54, 1.807) is 0 Å². The Kier molecular flexibility index (Phi) is 9.69. The molecule has 1 unspecified atom stereocenters. The van der Waals surface area contributed by atoms with Gasteiger partial charge in [0.25, 0.3) is 0 Å². The van der Waals surface area contributed by atoms with Crippen LogP contribution in [-0.4, -0.2) is 0 Å². The molecule has 1 atom stereocenters. The lowest BCUT2D eigenvalue weighted by atomic mass is 9.83. The standard InChI is InChI=1S/C61H42O/c1-3-12-42(13-4-1)44-24-26-45(27-25-44)46-28-34-49(35-29-46)60(50-36-30-47(31-37-50)53-17-9-16-52(40-53)43-14-5-2-6-15-43)51-38-32-48(33-39-51)54-18-10-19-55(41-54)56-21-11-22-58-57-20-7-8-23-59(57)62-61(56)58/h1-41,60H. The third kappa shape index (κ3) is 7.21. The highest BCUT2D eigenvalue weighted by molar-refractivity contribution is 6.09. The Labute approximate surface area is 362 Å². The molecule has 0 aliphatic carbocycles. The molecule has 0 fully saturated rings. The molecule has 0 aliphatic heterocycles. The first-order valence-corrected chi connectivity index (χ1v) is 21.3. The number of fused-ring (bicyclic) bond motifs is 3. The lowest BCUT2D eigenvalue weighted by molar-refractivity contribution is 0.670. The summed E-state index contributed by atoms with van der Waals surface area (Å²) in [5, 5.41) is 2.28. The number of hydrogen-bond acceptors (Lipinski definition) is 1. The molecule has 1 heterocycles. The van der Waals surface area contributed by atoms with Gasteiger partial charge in [-0.05, 0) is 96.1 Å². The number of furan rings is 1. The zero-order valence-corrected chi connectivity index (χ0v) is 34.2. The van der Waals surface area contributed by atoms with Crippen molar-refractivity contribution >= 4 is 21.9 Å². The first kappa shape index (κ1) is 37.0. The van der Waals surface area contributed by atoms with Crippen LogP contribution in [0.2, 0.25) is 0 Å². The SMILES string of the molecule is c1ccc(-c2ccc(-c3ccc(C(c4ccc(-c5cccc(-c6ccccc6)c5)cc4)c4ccc(-c5cccc(-c6cccc7c6oc6ccccc67)c5)cc4)cc3)cc2)cc1. The van der Waals surface area contributed by atoms with E-state index in [2.05, 4.69) is 237 Å². The molecule has 11 aromatic rings. The van der Waals surface area contributed by atoms with Gasteiger partial charge in [-0.15, -0.1) is 0 Å².